The average molecular weight is 261 g/mol. The van der Waals surface area contributed by atoms with Gasteiger partial charge in [-0.2, -0.15) is 10.4 Å². The largest absolute Gasteiger partial charge is 0.399 e. The minimum atomic E-state index is 0.364. The number of nitriles is 1. The molecule has 20 heavy (non-hydrogen) atoms. The Kier molecular flexibility index (Phi) is 2.90. The SMILES string of the molecule is N#Cc1cccc(-n2cc(-c3cccc(N)c3)cn2)n1. The molecule has 0 saturated heterocycles. The van der Waals surface area contributed by atoms with E-state index in [1.807, 2.05) is 36.5 Å². The van der Waals surface area contributed by atoms with Crippen LogP contribution in [0.4, 0.5) is 5.69 Å². The van der Waals surface area contributed by atoms with Gasteiger partial charge in [0, 0.05) is 17.4 Å². The molecule has 0 unspecified atom stereocenters. The molecule has 0 bridgehead atoms. The number of nitrogens with zero attached hydrogens (tertiary/aromatic N) is 4. The van der Waals surface area contributed by atoms with Gasteiger partial charge >= 0.3 is 0 Å². The van der Waals surface area contributed by atoms with Crippen molar-refractivity contribution >= 4 is 5.69 Å². The monoisotopic (exact) mass is 261 g/mol. The zero-order valence-corrected chi connectivity index (χ0v) is 10.6. The van der Waals surface area contributed by atoms with Gasteiger partial charge in [0.25, 0.3) is 0 Å². The molecule has 0 atom stereocenters. The fourth-order valence-corrected chi connectivity index (χ4v) is 1.93. The number of aromatic nitrogens is 3. The Balaban J connectivity index is 2.00. The maximum atomic E-state index is 8.87. The van der Waals surface area contributed by atoms with Gasteiger partial charge in [0.1, 0.15) is 11.8 Å². The van der Waals surface area contributed by atoms with Gasteiger partial charge in [0.2, 0.25) is 0 Å². The Morgan fingerprint density at radius 2 is 1.95 bits per heavy atom. The van der Waals surface area contributed by atoms with Crippen LogP contribution in [0.1, 0.15) is 5.69 Å². The Morgan fingerprint density at radius 3 is 2.75 bits per heavy atom. The second-order valence-electron chi connectivity index (χ2n) is 4.29. The molecule has 5 heteroatoms. The van der Waals surface area contributed by atoms with Crippen molar-refractivity contribution in [2.24, 2.45) is 0 Å². The summed E-state index contributed by atoms with van der Waals surface area (Å²) in [7, 11) is 0. The van der Waals surface area contributed by atoms with E-state index in [1.54, 1.807) is 29.1 Å². The first kappa shape index (κ1) is 11.9. The lowest BCUT2D eigenvalue weighted by Gasteiger charge is -2.00. The lowest BCUT2D eigenvalue weighted by molar-refractivity contribution is 0.844. The highest BCUT2D eigenvalue weighted by Gasteiger charge is 2.05. The van der Waals surface area contributed by atoms with Crippen molar-refractivity contribution in [3.63, 3.8) is 0 Å². The second-order valence-corrected chi connectivity index (χ2v) is 4.29. The van der Waals surface area contributed by atoms with Crippen LogP contribution in [-0.4, -0.2) is 14.8 Å². The molecule has 0 radical (unpaired) electrons. The topological polar surface area (TPSA) is 80.5 Å². The Morgan fingerprint density at radius 1 is 1.10 bits per heavy atom. The summed E-state index contributed by atoms with van der Waals surface area (Å²) in [6, 6.07) is 14.9. The predicted molar refractivity (Wildman–Crippen MR) is 75.9 cm³/mol. The van der Waals surface area contributed by atoms with Crippen LogP contribution in [0.2, 0.25) is 0 Å². The van der Waals surface area contributed by atoms with Gasteiger partial charge in [-0.3, -0.25) is 0 Å². The lowest BCUT2D eigenvalue weighted by atomic mass is 10.1. The molecule has 1 aromatic carbocycles. The van der Waals surface area contributed by atoms with Crippen LogP contribution >= 0.6 is 0 Å². The number of benzene rings is 1. The van der Waals surface area contributed by atoms with Crippen molar-refractivity contribution in [3.05, 3.63) is 60.6 Å². The summed E-state index contributed by atoms with van der Waals surface area (Å²) >= 11 is 0. The van der Waals surface area contributed by atoms with E-state index < -0.39 is 0 Å². The first-order chi connectivity index (χ1) is 9.76. The zero-order valence-electron chi connectivity index (χ0n) is 10.6. The predicted octanol–water partition coefficient (Wildman–Crippen LogP) is 2.39. The van der Waals surface area contributed by atoms with Gasteiger partial charge in [0.05, 0.1) is 6.20 Å². The quantitative estimate of drug-likeness (QED) is 0.718. The van der Waals surface area contributed by atoms with Crippen molar-refractivity contribution in [1.82, 2.24) is 14.8 Å². The van der Waals surface area contributed by atoms with Gasteiger partial charge < -0.3 is 5.73 Å². The maximum Gasteiger partial charge on any atom is 0.154 e. The standard InChI is InChI=1S/C15H11N5/c16-8-14-5-2-6-15(19-14)20-10-12(9-18-20)11-3-1-4-13(17)7-11/h1-7,9-10H,17H2. The number of pyridine rings is 1. The number of nitrogen functional groups attached to an aromatic ring is 1. The van der Waals surface area contributed by atoms with E-state index in [1.165, 1.54) is 0 Å². The van der Waals surface area contributed by atoms with Crippen LogP contribution in [0.3, 0.4) is 0 Å². The molecule has 5 nitrogen and oxygen atoms in total. The minimum absolute atomic E-state index is 0.364. The van der Waals surface area contributed by atoms with Crippen LogP contribution < -0.4 is 5.73 Å². The molecule has 0 aliphatic rings. The van der Waals surface area contributed by atoms with Gasteiger partial charge in [-0.1, -0.05) is 18.2 Å². The third-order valence-electron chi connectivity index (χ3n) is 2.89. The highest BCUT2D eigenvalue weighted by atomic mass is 15.3. The second kappa shape index (κ2) is 4.86. The summed E-state index contributed by atoms with van der Waals surface area (Å²) in [5, 5.41) is 13.1. The van der Waals surface area contributed by atoms with Crippen molar-refractivity contribution < 1.29 is 0 Å². The molecular formula is C15H11N5. The van der Waals surface area contributed by atoms with E-state index in [4.69, 9.17) is 11.0 Å². The molecule has 0 saturated carbocycles. The van der Waals surface area contributed by atoms with E-state index in [9.17, 15) is 0 Å². The Labute approximate surface area is 115 Å². The molecule has 2 N–H and O–H groups in total. The molecule has 3 aromatic rings. The highest BCUT2D eigenvalue weighted by molar-refractivity contribution is 5.66. The highest BCUT2D eigenvalue weighted by Crippen LogP contribution is 2.21. The van der Waals surface area contributed by atoms with Gasteiger partial charge in [-0.05, 0) is 29.8 Å². The molecule has 3 rings (SSSR count). The number of nitrogens with two attached hydrogens (primary N) is 1. The summed E-state index contributed by atoms with van der Waals surface area (Å²) in [4.78, 5) is 4.20. The van der Waals surface area contributed by atoms with Crippen molar-refractivity contribution in [2.75, 3.05) is 5.73 Å². The molecule has 2 heterocycles. The first-order valence-electron chi connectivity index (χ1n) is 6.04. The van der Waals surface area contributed by atoms with Crippen LogP contribution in [-0.2, 0) is 0 Å². The molecule has 0 aliphatic heterocycles. The lowest BCUT2D eigenvalue weighted by Crippen LogP contribution is -1.98. The third-order valence-corrected chi connectivity index (χ3v) is 2.89. The molecule has 0 aliphatic carbocycles. The van der Waals surface area contributed by atoms with E-state index in [0.29, 0.717) is 17.2 Å². The van der Waals surface area contributed by atoms with Crippen LogP contribution in [0.25, 0.3) is 16.9 Å². The van der Waals surface area contributed by atoms with Gasteiger partial charge in [-0.15, -0.1) is 0 Å². The smallest absolute Gasteiger partial charge is 0.154 e. The first-order valence-corrected chi connectivity index (χ1v) is 6.04. The van der Waals surface area contributed by atoms with Crippen LogP contribution in [0.5, 0.6) is 0 Å². The zero-order chi connectivity index (χ0) is 13.9. The molecule has 0 amide bonds. The Hall–Kier alpha value is -3.13. The summed E-state index contributed by atoms with van der Waals surface area (Å²) in [6.07, 6.45) is 3.60. The summed E-state index contributed by atoms with van der Waals surface area (Å²) in [6.45, 7) is 0. The Bertz CT molecular complexity index is 798. The summed E-state index contributed by atoms with van der Waals surface area (Å²) in [5.41, 5.74) is 8.79. The van der Waals surface area contributed by atoms with E-state index >= 15 is 0 Å². The van der Waals surface area contributed by atoms with E-state index in [2.05, 4.69) is 10.1 Å². The van der Waals surface area contributed by atoms with Crippen LogP contribution in [0, 0.1) is 11.3 Å². The fourth-order valence-electron chi connectivity index (χ4n) is 1.93. The van der Waals surface area contributed by atoms with Crippen LogP contribution in [0.15, 0.2) is 54.9 Å². The minimum Gasteiger partial charge on any atom is -0.399 e. The average Bonchev–Trinajstić information content (AvgIpc) is 2.97. The number of rotatable bonds is 2. The van der Waals surface area contributed by atoms with Gasteiger partial charge in [0.15, 0.2) is 5.82 Å². The molecular weight excluding hydrogens is 250 g/mol. The molecule has 0 fully saturated rings. The van der Waals surface area contributed by atoms with Gasteiger partial charge in [-0.25, -0.2) is 9.67 Å². The summed E-state index contributed by atoms with van der Waals surface area (Å²) in [5.74, 6) is 0.610. The van der Waals surface area contributed by atoms with Crippen molar-refractivity contribution in [2.45, 2.75) is 0 Å². The molecule has 2 aromatic heterocycles. The van der Waals surface area contributed by atoms with E-state index in [-0.39, 0.29) is 0 Å². The maximum absolute atomic E-state index is 8.87. The van der Waals surface area contributed by atoms with E-state index in [0.717, 1.165) is 11.1 Å². The van der Waals surface area contributed by atoms with Crippen molar-refractivity contribution in [3.8, 4) is 23.0 Å². The number of hydrogen-bond acceptors (Lipinski definition) is 4. The number of anilines is 1. The normalized spacial score (nSPS) is 10.2. The summed E-state index contributed by atoms with van der Waals surface area (Å²) < 4.78 is 1.64. The van der Waals surface area contributed by atoms with Crippen molar-refractivity contribution in [1.29, 1.82) is 5.26 Å². The fraction of sp³-hybridized carbons (Fsp3) is 0. The number of hydrogen-bond donors (Lipinski definition) is 1. The third kappa shape index (κ3) is 2.22. The molecule has 0 spiro atoms. The molecule has 96 valence electrons.